The van der Waals surface area contributed by atoms with Crippen LogP contribution in [-0.2, 0) is 16.0 Å². The molecule has 1 aromatic carbocycles. The van der Waals surface area contributed by atoms with Crippen molar-refractivity contribution in [3.05, 3.63) is 23.8 Å². The highest BCUT2D eigenvalue weighted by Crippen LogP contribution is 2.25. The molecule has 1 aliphatic heterocycles. The van der Waals surface area contributed by atoms with Crippen LogP contribution in [0.25, 0.3) is 0 Å². The maximum absolute atomic E-state index is 11.2. The minimum atomic E-state index is -0.893. The molecular weight excluding hydrogens is 220 g/mol. The molecule has 0 fully saturated rings. The van der Waals surface area contributed by atoms with E-state index in [2.05, 4.69) is 10.6 Å². The van der Waals surface area contributed by atoms with Crippen LogP contribution in [0.2, 0.25) is 0 Å². The summed E-state index contributed by atoms with van der Waals surface area (Å²) in [6.45, 7) is 1.59. The first-order valence-electron chi connectivity index (χ1n) is 5.48. The minimum absolute atomic E-state index is 0.0251. The molecular formula is C12H14N2O3. The van der Waals surface area contributed by atoms with Crippen molar-refractivity contribution in [2.45, 2.75) is 25.8 Å². The third-order valence-electron chi connectivity index (χ3n) is 2.75. The fourth-order valence-electron chi connectivity index (χ4n) is 1.78. The maximum atomic E-state index is 11.2. The topological polar surface area (TPSA) is 78.4 Å². The molecule has 1 unspecified atom stereocenters. The largest absolute Gasteiger partial charge is 0.480 e. The average molecular weight is 234 g/mol. The molecule has 3 N–H and O–H groups in total. The Hall–Kier alpha value is -2.04. The third-order valence-corrected chi connectivity index (χ3v) is 2.75. The molecule has 2 rings (SSSR count). The van der Waals surface area contributed by atoms with Crippen molar-refractivity contribution >= 4 is 23.3 Å². The number of aryl methyl sites for hydroxylation is 1. The van der Waals surface area contributed by atoms with E-state index in [1.165, 1.54) is 0 Å². The van der Waals surface area contributed by atoms with Crippen molar-refractivity contribution < 1.29 is 14.7 Å². The zero-order valence-corrected chi connectivity index (χ0v) is 9.49. The molecule has 5 nitrogen and oxygen atoms in total. The second-order valence-corrected chi connectivity index (χ2v) is 4.12. The van der Waals surface area contributed by atoms with Gasteiger partial charge < -0.3 is 15.7 Å². The number of carbonyl (C=O) groups is 2. The van der Waals surface area contributed by atoms with E-state index in [0.29, 0.717) is 12.8 Å². The number of rotatable bonds is 3. The molecule has 0 aromatic heterocycles. The Balaban J connectivity index is 2.16. The quantitative estimate of drug-likeness (QED) is 0.739. The van der Waals surface area contributed by atoms with Gasteiger partial charge in [0.05, 0.1) is 0 Å². The van der Waals surface area contributed by atoms with Crippen LogP contribution in [0, 0.1) is 0 Å². The van der Waals surface area contributed by atoms with E-state index < -0.39 is 12.0 Å². The number of carboxylic acid groups (broad SMARTS) is 1. The number of aliphatic carboxylic acids is 1. The minimum Gasteiger partial charge on any atom is -0.480 e. The Morgan fingerprint density at radius 1 is 1.47 bits per heavy atom. The molecule has 0 saturated heterocycles. The summed E-state index contributed by atoms with van der Waals surface area (Å²) in [5, 5.41) is 14.5. The summed E-state index contributed by atoms with van der Waals surface area (Å²) in [6, 6.07) is 4.81. The van der Waals surface area contributed by atoms with Gasteiger partial charge in [-0.2, -0.15) is 0 Å². The van der Waals surface area contributed by atoms with E-state index in [1.807, 2.05) is 6.07 Å². The molecule has 0 saturated carbocycles. The molecule has 0 radical (unpaired) electrons. The van der Waals surface area contributed by atoms with Gasteiger partial charge in [-0.3, -0.25) is 9.59 Å². The Morgan fingerprint density at radius 2 is 2.24 bits per heavy atom. The monoisotopic (exact) mass is 234 g/mol. The predicted molar refractivity (Wildman–Crippen MR) is 64.1 cm³/mol. The van der Waals surface area contributed by atoms with Gasteiger partial charge in [-0.25, -0.2) is 0 Å². The van der Waals surface area contributed by atoms with E-state index >= 15 is 0 Å². The fourth-order valence-corrected chi connectivity index (χ4v) is 1.78. The van der Waals surface area contributed by atoms with Gasteiger partial charge in [-0.15, -0.1) is 0 Å². The Kier molecular flexibility index (Phi) is 2.99. The molecule has 5 heteroatoms. The van der Waals surface area contributed by atoms with Crippen molar-refractivity contribution in [1.29, 1.82) is 0 Å². The molecule has 1 atom stereocenters. The van der Waals surface area contributed by atoms with Crippen LogP contribution < -0.4 is 10.6 Å². The number of anilines is 2. The zero-order valence-electron chi connectivity index (χ0n) is 9.49. The lowest BCUT2D eigenvalue weighted by Crippen LogP contribution is -2.25. The van der Waals surface area contributed by atoms with Crippen LogP contribution in [0.15, 0.2) is 18.2 Å². The third kappa shape index (κ3) is 2.55. The summed E-state index contributed by atoms with van der Waals surface area (Å²) in [5.41, 5.74) is 2.61. The predicted octanol–water partition coefficient (Wildman–Crippen LogP) is 1.46. The van der Waals surface area contributed by atoms with Crippen molar-refractivity contribution in [3.8, 4) is 0 Å². The molecule has 1 aromatic rings. The molecule has 1 heterocycles. The van der Waals surface area contributed by atoms with Gasteiger partial charge in [0.1, 0.15) is 6.04 Å². The smallest absolute Gasteiger partial charge is 0.325 e. The highest BCUT2D eigenvalue weighted by molar-refractivity contribution is 5.94. The summed E-state index contributed by atoms with van der Waals surface area (Å²) < 4.78 is 0. The van der Waals surface area contributed by atoms with Crippen LogP contribution in [0.5, 0.6) is 0 Å². The van der Waals surface area contributed by atoms with E-state index in [-0.39, 0.29) is 5.91 Å². The van der Waals surface area contributed by atoms with Crippen LogP contribution >= 0.6 is 0 Å². The van der Waals surface area contributed by atoms with Crippen LogP contribution in [-0.4, -0.2) is 23.0 Å². The van der Waals surface area contributed by atoms with Gasteiger partial charge in [0.2, 0.25) is 5.91 Å². The Morgan fingerprint density at radius 3 is 2.94 bits per heavy atom. The highest BCUT2D eigenvalue weighted by Gasteiger charge is 2.16. The molecule has 1 aliphatic rings. The summed E-state index contributed by atoms with van der Waals surface area (Å²) in [6.07, 6.45) is 1.17. The van der Waals surface area contributed by atoms with E-state index in [9.17, 15) is 9.59 Å². The summed E-state index contributed by atoms with van der Waals surface area (Å²) >= 11 is 0. The van der Waals surface area contributed by atoms with Gasteiger partial charge in [0.15, 0.2) is 0 Å². The number of carboxylic acids is 1. The Bertz CT molecular complexity index is 471. The van der Waals surface area contributed by atoms with Crippen molar-refractivity contribution in [2.24, 2.45) is 0 Å². The number of nitrogens with one attached hydrogen (secondary N) is 2. The van der Waals surface area contributed by atoms with Gasteiger partial charge in [-0.05, 0) is 37.1 Å². The highest BCUT2D eigenvalue weighted by atomic mass is 16.4. The normalized spacial score (nSPS) is 15.7. The first-order chi connectivity index (χ1) is 8.06. The molecule has 1 amide bonds. The summed E-state index contributed by atoms with van der Waals surface area (Å²) in [5.74, 6) is -0.867. The lowest BCUT2D eigenvalue weighted by Gasteiger charge is -2.19. The maximum Gasteiger partial charge on any atom is 0.325 e. The number of amides is 1. The number of carbonyl (C=O) groups excluding carboxylic acids is 1. The van der Waals surface area contributed by atoms with Gasteiger partial charge in [0.25, 0.3) is 0 Å². The first-order valence-corrected chi connectivity index (χ1v) is 5.48. The molecule has 0 spiro atoms. The molecule has 90 valence electrons. The van der Waals surface area contributed by atoms with Gasteiger partial charge >= 0.3 is 5.97 Å². The van der Waals surface area contributed by atoms with Gasteiger partial charge in [0, 0.05) is 17.8 Å². The SMILES string of the molecule is CC(Nc1ccc2c(c1)CCC(=O)N2)C(=O)O. The zero-order chi connectivity index (χ0) is 12.4. The number of hydrogen-bond donors (Lipinski definition) is 3. The lowest BCUT2D eigenvalue weighted by atomic mass is 10.0. The van der Waals surface area contributed by atoms with Crippen molar-refractivity contribution in [3.63, 3.8) is 0 Å². The van der Waals surface area contributed by atoms with E-state index in [4.69, 9.17) is 5.11 Å². The van der Waals surface area contributed by atoms with Gasteiger partial charge in [-0.1, -0.05) is 0 Å². The van der Waals surface area contributed by atoms with E-state index in [0.717, 1.165) is 16.9 Å². The van der Waals surface area contributed by atoms with Crippen molar-refractivity contribution in [2.75, 3.05) is 10.6 Å². The number of hydrogen-bond acceptors (Lipinski definition) is 3. The number of fused-ring (bicyclic) bond motifs is 1. The van der Waals surface area contributed by atoms with E-state index in [1.54, 1.807) is 19.1 Å². The lowest BCUT2D eigenvalue weighted by molar-refractivity contribution is -0.137. The molecule has 17 heavy (non-hydrogen) atoms. The molecule has 0 bridgehead atoms. The fraction of sp³-hybridized carbons (Fsp3) is 0.333. The van der Waals surface area contributed by atoms with Crippen LogP contribution in [0.4, 0.5) is 11.4 Å². The Labute approximate surface area is 98.8 Å². The number of benzene rings is 1. The second kappa shape index (κ2) is 4.45. The molecule has 0 aliphatic carbocycles. The average Bonchev–Trinajstić information content (AvgIpc) is 2.29. The first kappa shape index (κ1) is 11.4. The second-order valence-electron chi connectivity index (χ2n) is 4.12. The summed E-state index contributed by atoms with van der Waals surface area (Å²) in [7, 11) is 0. The van der Waals surface area contributed by atoms with Crippen molar-refractivity contribution in [1.82, 2.24) is 0 Å². The van der Waals surface area contributed by atoms with Crippen LogP contribution in [0.3, 0.4) is 0 Å². The summed E-state index contributed by atoms with van der Waals surface area (Å²) in [4.78, 5) is 21.9. The van der Waals surface area contributed by atoms with Crippen LogP contribution in [0.1, 0.15) is 18.9 Å². The standard InChI is InChI=1S/C12H14N2O3/c1-7(12(16)17)13-9-3-4-10-8(6-9)2-5-11(15)14-10/h3-4,6-7,13H,2,5H2,1H3,(H,14,15)(H,16,17).